The molecule has 0 aliphatic rings. The highest BCUT2D eigenvalue weighted by Crippen LogP contribution is 1.97. The molecule has 0 fully saturated rings. The molecule has 0 aromatic heterocycles. The van der Waals surface area contributed by atoms with E-state index in [0.29, 0.717) is 0 Å². The molecule has 0 aliphatic heterocycles. The Morgan fingerprint density at radius 2 is 1.72 bits per heavy atom. The lowest BCUT2D eigenvalue weighted by Gasteiger charge is -2.15. The summed E-state index contributed by atoms with van der Waals surface area (Å²) in [5.74, 6) is -2.50. The molecule has 1 unspecified atom stereocenters. The fourth-order valence-electron chi connectivity index (χ4n) is 1.00. The third-order valence-corrected chi connectivity index (χ3v) is 2.47. The summed E-state index contributed by atoms with van der Waals surface area (Å²) in [4.78, 5) is 33.2. The Labute approximate surface area is 106 Å². The minimum absolute atomic E-state index is 0.0138. The van der Waals surface area contributed by atoms with Gasteiger partial charge in [0, 0.05) is 6.54 Å². The van der Waals surface area contributed by atoms with Crippen LogP contribution in [0.4, 0.5) is 0 Å². The van der Waals surface area contributed by atoms with Crippen molar-refractivity contribution >= 4 is 17.8 Å². The number of amides is 2. The van der Waals surface area contributed by atoms with Gasteiger partial charge in [0.25, 0.3) is 0 Å². The fraction of sp³-hybridized carbons (Fsp3) is 0.727. The van der Waals surface area contributed by atoms with Crippen molar-refractivity contribution in [3.8, 4) is 0 Å². The van der Waals surface area contributed by atoms with E-state index in [9.17, 15) is 14.4 Å². The molecule has 18 heavy (non-hydrogen) atoms. The van der Waals surface area contributed by atoms with E-state index in [4.69, 9.17) is 10.8 Å². The molecule has 7 heteroatoms. The second-order valence-corrected chi connectivity index (χ2v) is 4.53. The maximum absolute atomic E-state index is 11.4. The van der Waals surface area contributed by atoms with Crippen LogP contribution in [0.3, 0.4) is 0 Å². The van der Waals surface area contributed by atoms with E-state index in [1.807, 2.05) is 0 Å². The first-order valence-electron chi connectivity index (χ1n) is 5.78. The highest BCUT2D eigenvalue weighted by Gasteiger charge is 2.18. The molecule has 0 saturated heterocycles. The van der Waals surface area contributed by atoms with E-state index < -0.39 is 29.7 Å². The van der Waals surface area contributed by atoms with Crippen molar-refractivity contribution in [2.24, 2.45) is 17.6 Å². The summed E-state index contributed by atoms with van der Waals surface area (Å²) in [6.07, 6.45) is 0. The van der Waals surface area contributed by atoms with Crippen LogP contribution in [-0.2, 0) is 14.4 Å². The third-order valence-electron chi connectivity index (χ3n) is 2.47. The summed E-state index contributed by atoms with van der Waals surface area (Å²) < 4.78 is 0. The van der Waals surface area contributed by atoms with Gasteiger partial charge >= 0.3 is 5.97 Å². The number of hydrogen-bond acceptors (Lipinski definition) is 4. The zero-order valence-electron chi connectivity index (χ0n) is 10.9. The topological polar surface area (TPSA) is 122 Å². The quantitative estimate of drug-likeness (QED) is 0.463. The molecular formula is C11H21N3O4. The zero-order valence-corrected chi connectivity index (χ0v) is 10.9. The smallest absolute Gasteiger partial charge is 0.308 e. The Hall–Kier alpha value is -1.63. The van der Waals surface area contributed by atoms with E-state index in [1.54, 1.807) is 13.8 Å². The second kappa shape index (κ2) is 7.65. The van der Waals surface area contributed by atoms with Crippen LogP contribution >= 0.6 is 0 Å². The number of carbonyl (C=O) groups excluding carboxylic acids is 2. The maximum Gasteiger partial charge on any atom is 0.308 e. The number of rotatable bonds is 7. The van der Waals surface area contributed by atoms with E-state index in [-0.39, 0.29) is 19.0 Å². The number of nitrogens with one attached hydrogen (secondary N) is 2. The molecule has 104 valence electrons. The Bertz CT molecular complexity index is 317. The van der Waals surface area contributed by atoms with Crippen molar-refractivity contribution in [2.75, 3.05) is 13.1 Å². The maximum atomic E-state index is 11.4. The number of carboxylic acid groups (broad SMARTS) is 1. The molecule has 0 heterocycles. The number of aliphatic carboxylic acids is 1. The SMILES string of the molecule is CC(CNC(=O)CNC(=O)[C@@H](N)C(C)C)C(=O)O. The van der Waals surface area contributed by atoms with E-state index >= 15 is 0 Å². The molecule has 0 saturated carbocycles. The van der Waals surface area contributed by atoms with Crippen LogP contribution in [-0.4, -0.2) is 42.0 Å². The van der Waals surface area contributed by atoms with Gasteiger partial charge in [0.05, 0.1) is 18.5 Å². The van der Waals surface area contributed by atoms with Gasteiger partial charge in [0.2, 0.25) is 11.8 Å². The molecule has 5 N–H and O–H groups in total. The first kappa shape index (κ1) is 16.4. The number of carbonyl (C=O) groups is 3. The molecule has 0 bridgehead atoms. The van der Waals surface area contributed by atoms with Gasteiger partial charge in [-0.3, -0.25) is 14.4 Å². The van der Waals surface area contributed by atoms with Crippen LogP contribution in [0.1, 0.15) is 20.8 Å². The average molecular weight is 259 g/mol. The summed E-state index contributed by atoms with van der Waals surface area (Å²) in [7, 11) is 0. The largest absolute Gasteiger partial charge is 0.481 e. The van der Waals surface area contributed by atoms with Crippen LogP contribution in [0, 0.1) is 11.8 Å². The number of hydrogen-bond donors (Lipinski definition) is 4. The molecule has 7 nitrogen and oxygen atoms in total. The van der Waals surface area contributed by atoms with Crippen molar-refractivity contribution in [1.82, 2.24) is 10.6 Å². The Morgan fingerprint density at radius 1 is 1.17 bits per heavy atom. The van der Waals surface area contributed by atoms with Crippen molar-refractivity contribution in [3.05, 3.63) is 0 Å². The Morgan fingerprint density at radius 3 is 2.17 bits per heavy atom. The predicted molar refractivity (Wildman–Crippen MR) is 65.6 cm³/mol. The van der Waals surface area contributed by atoms with Crippen LogP contribution in [0.5, 0.6) is 0 Å². The summed E-state index contributed by atoms with van der Waals surface area (Å²) >= 11 is 0. The lowest BCUT2D eigenvalue weighted by Crippen LogP contribution is -2.47. The van der Waals surface area contributed by atoms with Gasteiger partial charge in [-0.2, -0.15) is 0 Å². The molecule has 0 aromatic carbocycles. The molecule has 2 amide bonds. The van der Waals surface area contributed by atoms with Crippen LogP contribution in [0.2, 0.25) is 0 Å². The molecule has 0 aliphatic carbocycles. The summed E-state index contributed by atoms with van der Waals surface area (Å²) in [5.41, 5.74) is 5.59. The molecule has 0 radical (unpaired) electrons. The normalized spacial score (nSPS) is 13.8. The number of nitrogens with two attached hydrogens (primary N) is 1. The monoisotopic (exact) mass is 259 g/mol. The zero-order chi connectivity index (χ0) is 14.3. The van der Waals surface area contributed by atoms with Crippen LogP contribution in [0.25, 0.3) is 0 Å². The first-order chi connectivity index (χ1) is 8.25. The molecule has 0 aromatic rings. The number of carboxylic acids is 1. The summed E-state index contributed by atoms with van der Waals surface area (Å²) in [6, 6.07) is -0.657. The van der Waals surface area contributed by atoms with E-state index in [2.05, 4.69) is 10.6 Å². The standard InChI is InChI=1S/C11H21N3O4/c1-6(2)9(12)10(16)14-5-8(15)13-4-7(3)11(17)18/h6-7,9H,4-5,12H2,1-3H3,(H,13,15)(H,14,16)(H,17,18)/t7?,9-/m0/s1. The average Bonchev–Trinajstić information content (AvgIpc) is 2.31. The molecule has 0 spiro atoms. The van der Waals surface area contributed by atoms with E-state index in [0.717, 1.165) is 0 Å². The van der Waals surface area contributed by atoms with Crippen LogP contribution < -0.4 is 16.4 Å². The fourth-order valence-corrected chi connectivity index (χ4v) is 1.00. The van der Waals surface area contributed by atoms with Gasteiger partial charge in [-0.1, -0.05) is 20.8 Å². The van der Waals surface area contributed by atoms with Crippen molar-refractivity contribution in [2.45, 2.75) is 26.8 Å². The first-order valence-corrected chi connectivity index (χ1v) is 5.78. The van der Waals surface area contributed by atoms with Gasteiger partial charge in [-0.25, -0.2) is 0 Å². The predicted octanol–water partition coefficient (Wildman–Crippen LogP) is -1.08. The minimum Gasteiger partial charge on any atom is -0.481 e. The third kappa shape index (κ3) is 6.19. The highest BCUT2D eigenvalue weighted by atomic mass is 16.4. The van der Waals surface area contributed by atoms with Gasteiger partial charge in [0.1, 0.15) is 0 Å². The van der Waals surface area contributed by atoms with Crippen molar-refractivity contribution < 1.29 is 19.5 Å². The lowest BCUT2D eigenvalue weighted by atomic mass is 10.1. The van der Waals surface area contributed by atoms with Gasteiger partial charge in [-0.15, -0.1) is 0 Å². The van der Waals surface area contributed by atoms with Crippen LogP contribution in [0.15, 0.2) is 0 Å². The Kier molecular flexibility index (Phi) is 6.96. The minimum atomic E-state index is -0.985. The second-order valence-electron chi connectivity index (χ2n) is 4.53. The van der Waals surface area contributed by atoms with Gasteiger partial charge in [-0.05, 0) is 5.92 Å². The molecular weight excluding hydrogens is 238 g/mol. The Balaban J connectivity index is 3.91. The van der Waals surface area contributed by atoms with Gasteiger partial charge < -0.3 is 21.5 Å². The summed E-state index contributed by atoms with van der Waals surface area (Å²) in [5, 5.41) is 13.4. The lowest BCUT2D eigenvalue weighted by molar-refractivity contribution is -0.141. The molecule has 2 atom stereocenters. The summed E-state index contributed by atoms with van der Waals surface area (Å²) in [6.45, 7) is 4.92. The van der Waals surface area contributed by atoms with Crippen molar-refractivity contribution in [1.29, 1.82) is 0 Å². The van der Waals surface area contributed by atoms with E-state index in [1.165, 1.54) is 6.92 Å². The van der Waals surface area contributed by atoms with Crippen molar-refractivity contribution in [3.63, 3.8) is 0 Å². The highest BCUT2D eigenvalue weighted by molar-refractivity contribution is 5.87. The molecule has 0 rings (SSSR count). The van der Waals surface area contributed by atoms with Gasteiger partial charge in [0.15, 0.2) is 0 Å².